The number of rotatable bonds is 8. The fourth-order valence-electron chi connectivity index (χ4n) is 1.71. The second-order valence-corrected chi connectivity index (χ2v) is 6.17. The zero-order valence-corrected chi connectivity index (χ0v) is 12.6. The fraction of sp³-hybridized carbons (Fsp3) is 0.667. The highest BCUT2D eigenvalue weighted by Crippen LogP contribution is 2.14. The van der Waals surface area contributed by atoms with Gasteiger partial charge in [0, 0.05) is 31.5 Å². The SMILES string of the molecule is CCN(C)CCNS(=O)(=O)c1cc(CO)n(CC)c1. The lowest BCUT2D eigenvalue weighted by molar-refractivity contribution is 0.271. The van der Waals surface area contributed by atoms with Gasteiger partial charge >= 0.3 is 0 Å². The van der Waals surface area contributed by atoms with Gasteiger partial charge in [0.15, 0.2) is 0 Å². The van der Waals surface area contributed by atoms with Crippen molar-refractivity contribution in [2.24, 2.45) is 0 Å². The number of hydrogen-bond acceptors (Lipinski definition) is 4. The van der Waals surface area contributed by atoms with Gasteiger partial charge in [-0.05, 0) is 26.6 Å². The van der Waals surface area contributed by atoms with E-state index in [9.17, 15) is 8.42 Å². The topological polar surface area (TPSA) is 74.6 Å². The molecule has 0 aliphatic carbocycles. The van der Waals surface area contributed by atoms with Crippen LogP contribution < -0.4 is 4.72 Å². The first-order chi connectivity index (χ1) is 8.94. The van der Waals surface area contributed by atoms with Crippen LogP contribution in [0.3, 0.4) is 0 Å². The summed E-state index contributed by atoms with van der Waals surface area (Å²) in [7, 11) is -1.56. The lowest BCUT2D eigenvalue weighted by Gasteiger charge is -2.13. The second kappa shape index (κ2) is 7.04. The van der Waals surface area contributed by atoms with Gasteiger partial charge < -0.3 is 14.6 Å². The third-order valence-corrected chi connectivity index (χ3v) is 4.53. The van der Waals surface area contributed by atoms with E-state index in [1.807, 2.05) is 25.8 Å². The first-order valence-corrected chi connectivity index (χ1v) is 7.91. The van der Waals surface area contributed by atoms with Crippen LogP contribution in [-0.4, -0.2) is 49.7 Å². The zero-order valence-electron chi connectivity index (χ0n) is 11.8. The Morgan fingerprint density at radius 1 is 1.42 bits per heavy atom. The van der Waals surface area contributed by atoms with Gasteiger partial charge in [-0.25, -0.2) is 13.1 Å². The van der Waals surface area contributed by atoms with Gasteiger partial charge in [-0.15, -0.1) is 0 Å². The molecule has 0 saturated heterocycles. The first-order valence-electron chi connectivity index (χ1n) is 6.42. The van der Waals surface area contributed by atoms with E-state index in [0.29, 0.717) is 25.3 Å². The Hall–Kier alpha value is -0.890. The van der Waals surface area contributed by atoms with Gasteiger partial charge in [0.1, 0.15) is 0 Å². The smallest absolute Gasteiger partial charge is 0.242 e. The highest BCUT2D eigenvalue weighted by atomic mass is 32.2. The van der Waals surface area contributed by atoms with Gasteiger partial charge in [0.2, 0.25) is 10.0 Å². The van der Waals surface area contributed by atoms with Crippen LogP contribution in [0.4, 0.5) is 0 Å². The predicted molar refractivity (Wildman–Crippen MR) is 74.4 cm³/mol. The van der Waals surface area contributed by atoms with Crippen molar-refractivity contribution in [2.75, 3.05) is 26.7 Å². The Labute approximate surface area is 115 Å². The van der Waals surface area contributed by atoms with Crippen LogP contribution in [0.1, 0.15) is 19.5 Å². The van der Waals surface area contributed by atoms with Crippen molar-refractivity contribution in [3.63, 3.8) is 0 Å². The summed E-state index contributed by atoms with van der Waals surface area (Å²) >= 11 is 0. The number of aliphatic hydroxyl groups excluding tert-OH is 1. The van der Waals surface area contributed by atoms with Crippen molar-refractivity contribution in [1.29, 1.82) is 0 Å². The minimum absolute atomic E-state index is 0.165. The number of aliphatic hydroxyl groups is 1. The molecule has 0 spiro atoms. The van der Waals surface area contributed by atoms with Crippen LogP contribution >= 0.6 is 0 Å². The summed E-state index contributed by atoms with van der Waals surface area (Å²) in [4.78, 5) is 2.23. The number of nitrogens with zero attached hydrogens (tertiary/aromatic N) is 2. The van der Waals surface area contributed by atoms with Crippen LogP contribution in [0.5, 0.6) is 0 Å². The third-order valence-electron chi connectivity index (χ3n) is 3.10. The van der Waals surface area contributed by atoms with Crippen LogP contribution in [0.15, 0.2) is 17.2 Å². The molecular formula is C12H23N3O3S. The third kappa shape index (κ3) is 4.31. The molecule has 0 fully saturated rings. The molecule has 19 heavy (non-hydrogen) atoms. The van der Waals surface area contributed by atoms with Crippen molar-refractivity contribution < 1.29 is 13.5 Å². The molecule has 0 radical (unpaired) electrons. The number of aromatic nitrogens is 1. The summed E-state index contributed by atoms with van der Waals surface area (Å²) in [5, 5.41) is 9.17. The number of sulfonamides is 1. The summed E-state index contributed by atoms with van der Waals surface area (Å²) in [6.07, 6.45) is 1.55. The lowest BCUT2D eigenvalue weighted by atomic mass is 10.4. The molecule has 0 saturated carbocycles. The lowest BCUT2D eigenvalue weighted by Crippen LogP contribution is -2.32. The highest BCUT2D eigenvalue weighted by molar-refractivity contribution is 7.89. The number of likely N-dealkylation sites (N-methyl/N-ethyl adjacent to an activating group) is 1. The van der Waals surface area contributed by atoms with Crippen molar-refractivity contribution in [3.8, 4) is 0 Å². The Morgan fingerprint density at radius 2 is 2.11 bits per heavy atom. The first kappa shape index (κ1) is 16.2. The molecule has 6 nitrogen and oxygen atoms in total. The Morgan fingerprint density at radius 3 is 2.58 bits per heavy atom. The van der Waals surface area contributed by atoms with E-state index in [1.165, 1.54) is 6.07 Å². The molecule has 2 N–H and O–H groups in total. The maximum absolute atomic E-state index is 12.1. The largest absolute Gasteiger partial charge is 0.390 e. The van der Waals surface area contributed by atoms with E-state index in [2.05, 4.69) is 4.72 Å². The Kier molecular flexibility index (Phi) is 5.99. The summed E-state index contributed by atoms with van der Waals surface area (Å²) in [6.45, 7) is 6.30. The fourth-order valence-corrected chi connectivity index (χ4v) is 2.79. The molecule has 1 aromatic rings. The van der Waals surface area contributed by atoms with Crippen LogP contribution in [-0.2, 0) is 23.2 Å². The van der Waals surface area contributed by atoms with E-state index >= 15 is 0 Å². The van der Waals surface area contributed by atoms with E-state index in [4.69, 9.17) is 5.11 Å². The molecule has 1 aromatic heterocycles. The molecule has 1 rings (SSSR count). The monoisotopic (exact) mass is 289 g/mol. The van der Waals surface area contributed by atoms with E-state index in [1.54, 1.807) is 10.8 Å². The molecule has 110 valence electrons. The van der Waals surface area contributed by atoms with Crippen molar-refractivity contribution >= 4 is 10.0 Å². The summed E-state index contributed by atoms with van der Waals surface area (Å²) < 4.78 is 28.4. The normalized spacial score (nSPS) is 12.3. The standard InChI is InChI=1S/C12H23N3O3S/c1-4-14(3)7-6-13-19(17,18)12-8-11(10-16)15(5-2)9-12/h8-9,13,16H,4-7,10H2,1-3H3. The molecule has 0 aliphatic heterocycles. The zero-order chi connectivity index (χ0) is 14.5. The summed E-state index contributed by atoms with van der Waals surface area (Å²) in [5.41, 5.74) is 0.605. The van der Waals surface area contributed by atoms with Crippen LogP contribution in [0, 0.1) is 0 Å². The molecular weight excluding hydrogens is 266 g/mol. The maximum Gasteiger partial charge on any atom is 0.242 e. The second-order valence-electron chi connectivity index (χ2n) is 4.40. The van der Waals surface area contributed by atoms with Crippen LogP contribution in [0.2, 0.25) is 0 Å². The van der Waals surface area contributed by atoms with Gasteiger partial charge in [-0.3, -0.25) is 0 Å². The molecule has 0 aliphatic rings. The van der Waals surface area contributed by atoms with Gasteiger partial charge in [-0.1, -0.05) is 6.92 Å². The predicted octanol–water partition coefficient (Wildman–Crippen LogP) is 0.230. The minimum Gasteiger partial charge on any atom is -0.390 e. The van der Waals surface area contributed by atoms with E-state index in [0.717, 1.165) is 6.54 Å². The summed E-state index contributed by atoms with van der Waals surface area (Å²) in [5.74, 6) is 0. The van der Waals surface area contributed by atoms with Crippen molar-refractivity contribution in [2.45, 2.75) is 31.9 Å². The van der Waals surface area contributed by atoms with Gasteiger partial charge in [-0.2, -0.15) is 0 Å². The van der Waals surface area contributed by atoms with E-state index < -0.39 is 10.0 Å². The molecule has 1 heterocycles. The number of nitrogens with one attached hydrogen (secondary N) is 1. The number of hydrogen-bond donors (Lipinski definition) is 2. The number of aryl methyl sites for hydroxylation is 1. The van der Waals surface area contributed by atoms with Crippen LogP contribution in [0.25, 0.3) is 0 Å². The van der Waals surface area contributed by atoms with Gasteiger partial charge in [0.25, 0.3) is 0 Å². The summed E-state index contributed by atoms with van der Waals surface area (Å²) in [6, 6.07) is 1.51. The molecule has 0 aromatic carbocycles. The Bertz CT molecular complexity index is 475. The maximum atomic E-state index is 12.1. The molecule has 0 bridgehead atoms. The average Bonchev–Trinajstić information content (AvgIpc) is 2.82. The van der Waals surface area contributed by atoms with Crippen molar-refractivity contribution in [3.05, 3.63) is 18.0 Å². The molecule has 0 amide bonds. The molecule has 7 heteroatoms. The quantitative estimate of drug-likeness (QED) is 0.718. The minimum atomic E-state index is -3.49. The molecule has 0 atom stereocenters. The van der Waals surface area contributed by atoms with E-state index in [-0.39, 0.29) is 11.5 Å². The van der Waals surface area contributed by atoms with Gasteiger partial charge in [0.05, 0.1) is 11.5 Å². The Balaban J connectivity index is 2.74. The highest BCUT2D eigenvalue weighted by Gasteiger charge is 2.17. The molecule has 0 unspecified atom stereocenters. The average molecular weight is 289 g/mol. The van der Waals surface area contributed by atoms with Crippen molar-refractivity contribution in [1.82, 2.24) is 14.2 Å².